The molecule has 2 atom stereocenters. The average Bonchev–Trinajstić information content (AvgIpc) is 3.36. The average molecular weight is 468 g/mol. The van der Waals surface area contributed by atoms with Crippen LogP contribution in [0, 0.1) is 11.7 Å². The number of hydrogen-bond donors (Lipinski definition) is 1. The van der Waals surface area contributed by atoms with Crippen LogP contribution in [0.4, 0.5) is 10.1 Å². The van der Waals surface area contributed by atoms with Crippen LogP contribution in [0.25, 0.3) is 0 Å². The Balaban J connectivity index is 1.24. The Morgan fingerprint density at radius 2 is 1.76 bits per heavy atom. The molecular formula is C27H34FN3O3. The van der Waals surface area contributed by atoms with Crippen LogP contribution in [0.5, 0.6) is 11.5 Å². The van der Waals surface area contributed by atoms with E-state index in [0.717, 1.165) is 61.8 Å². The van der Waals surface area contributed by atoms with E-state index < -0.39 is 0 Å². The highest BCUT2D eigenvalue weighted by molar-refractivity contribution is 5.80. The van der Waals surface area contributed by atoms with Gasteiger partial charge in [0.05, 0.1) is 5.92 Å². The van der Waals surface area contributed by atoms with Gasteiger partial charge in [-0.25, -0.2) is 4.39 Å². The molecule has 0 radical (unpaired) electrons. The van der Waals surface area contributed by atoms with E-state index in [2.05, 4.69) is 27.2 Å². The summed E-state index contributed by atoms with van der Waals surface area (Å²) >= 11 is 0. The number of ether oxygens (including phenoxy) is 2. The zero-order valence-electron chi connectivity index (χ0n) is 19.7. The van der Waals surface area contributed by atoms with Gasteiger partial charge in [-0.15, -0.1) is 0 Å². The van der Waals surface area contributed by atoms with E-state index in [0.29, 0.717) is 19.8 Å². The number of fused-ring (bicyclic) bond motifs is 1. The number of nitrogens with zero attached hydrogens (tertiary/aromatic N) is 2. The number of amides is 1. The zero-order valence-corrected chi connectivity index (χ0v) is 19.7. The number of likely N-dealkylation sites (tertiary alicyclic amines) is 1. The Morgan fingerprint density at radius 1 is 1.00 bits per heavy atom. The molecular weight excluding hydrogens is 433 g/mol. The molecule has 1 amide bonds. The summed E-state index contributed by atoms with van der Waals surface area (Å²) in [5.74, 6) is 1.39. The lowest BCUT2D eigenvalue weighted by atomic mass is 10.0. The number of benzene rings is 2. The number of anilines is 1. The molecule has 2 fully saturated rings. The van der Waals surface area contributed by atoms with Crippen molar-refractivity contribution in [2.75, 3.05) is 50.8 Å². The third-order valence-electron chi connectivity index (χ3n) is 7.11. The Labute approximate surface area is 201 Å². The topological polar surface area (TPSA) is 54.0 Å². The molecule has 6 nitrogen and oxygen atoms in total. The van der Waals surface area contributed by atoms with E-state index in [1.54, 1.807) is 12.1 Å². The number of piperidine rings is 1. The van der Waals surface area contributed by atoms with Crippen molar-refractivity contribution in [3.05, 3.63) is 53.8 Å². The van der Waals surface area contributed by atoms with Crippen LogP contribution in [0.2, 0.25) is 0 Å². The van der Waals surface area contributed by atoms with Crippen molar-refractivity contribution < 1.29 is 18.7 Å². The van der Waals surface area contributed by atoms with Crippen LogP contribution in [-0.4, -0.2) is 62.8 Å². The molecule has 1 N–H and O–H groups in total. The highest BCUT2D eigenvalue weighted by atomic mass is 19.1. The standard InChI is InChI=1S/C27H34FN3O3/c28-22-5-7-24(8-6-22)31-13-10-21(18-31)27(32)29-23(19-30-11-2-1-3-12-30)16-20-4-9-25-26(17-20)34-15-14-33-25/h4-9,17,21,23H,1-3,10-16,18-19H2,(H,29,32). The molecule has 0 bridgehead atoms. The van der Waals surface area contributed by atoms with Crippen LogP contribution < -0.4 is 19.7 Å². The molecule has 2 aromatic carbocycles. The third kappa shape index (κ3) is 5.63. The number of carbonyl (C=O) groups is 1. The Hall–Kier alpha value is -2.80. The smallest absolute Gasteiger partial charge is 0.225 e. The van der Waals surface area contributed by atoms with Gasteiger partial charge in [0.25, 0.3) is 0 Å². The summed E-state index contributed by atoms with van der Waals surface area (Å²) in [6.45, 7) is 5.66. The zero-order chi connectivity index (χ0) is 23.3. The fourth-order valence-electron chi connectivity index (χ4n) is 5.29. The molecule has 3 aliphatic rings. The lowest BCUT2D eigenvalue weighted by Crippen LogP contribution is -2.48. The Kier molecular flexibility index (Phi) is 7.19. The summed E-state index contributed by atoms with van der Waals surface area (Å²) in [6.07, 6.45) is 5.30. The maximum absolute atomic E-state index is 13.3. The number of hydrogen-bond acceptors (Lipinski definition) is 5. The van der Waals surface area contributed by atoms with Gasteiger partial charge in [0.15, 0.2) is 11.5 Å². The van der Waals surface area contributed by atoms with E-state index in [9.17, 15) is 9.18 Å². The second-order valence-corrected chi connectivity index (χ2v) is 9.66. The van der Waals surface area contributed by atoms with Crippen LogP contribution in [0.3, 0.4) is 0 Å². The number of halogens is 1. The van der Waals surface area contributed by atoms with Gasteiger partial charge < -0.3 is 24.6 Å². The molecule has 0 aromatic heterocycles. The lowest BCUT2D eigenvalue weighted by Gasteiger charge is -2.31. The molecule has 2 saturated heterocycles. The van der Waals surface area contributed by atoms with Gasteiger partial charge in [-0.05, 0) is 80.7 Å². The molecule has 0 spiro atoms. The first-order valence-corrected chi connectivity index (χ1v) is 12.6. The fourth-order valence-corrected chi connectivity index (χ4v) is 5.29. The van der Waals surface area contributed by atoms with Gasteiger partial charge in [-0.2, -0.15) is 0 Å². The predicted molar refractivity (Wildman–Crippen MR) is 130 cm³/mol. The maximum atomic E-state index is 13.3. The summed E-state index contributed by atoms with van der Waals surface area (Å²) in [5.41, 5.74) is 2.11. The van der Waals surface area contributed by atoms with Gasteiger partial charge in [0.1, 0.15) is 19.0 Å². The van der Waals surface area contributed by atoms with Crippen molar-refractivity contribution in [3.8, 4) is 11.5 Å². The van der Waals surface area contributed by atoms with Gasteiger partial charge in [-0.3, -0.25) is 4.79 Å². The fraction of sp³-hybridized carbons (Fsp3) is 0.519. The van der Waals surface area contributed by atoms with Crippen molar-refractivity contribution >= 4 is 11.6 Å². The first kappa shape index (κ1) is 23.0. The summed E-state index contributed by atoms with van der Waals surface area (Å²) < 4.78 is 24.7. The van der Waals surface area contributed by atoms with Gasteiger partial charge in [0, 0.05) is 31.4 Å². The molecule has 34 heavy (non-hydrogen) atoms. The number of carbonyl (C=O) groups excluding carboxylic acids is 1. The van der Waals surface area contributed by atoms with Crippen molar-refractivity contribution in [1.29, 1.82) is 0 Å². The molecule has 0 saturated carbocycles. The Morgan fingerprint density at radius 3 is 2.56 bits per heavy atom. The molecule has 7 heteroatoms. The van der Waals surface area contributed by atoms with Gasteiger partial charge in [0.2, 0.25) is 5.91 Å². The molecule has 182 valence electrons. The van der Waals surface area contributed by atoms with E-state index in [1.807, 2.05) is 6.07 Å². The summed E-state index contributed by atoms with van der Waals surface area (Å²) in [6, 6.07) is 12.7. The predicted octanol–water partition coefficient (Wildman–Crippen LogP) is 3.64. The van der Waals surface area contributed by atoms with Crippen LogP contribution in [0.15, 0.2) is 42.5 Å². The second-order valence-electron chi connectivity index (χ2n) is 9.66. The monoisotopic (exact) mass is 467 g/mol. The first-order chi connectivity index (χ1) is 16.6. The maximum Gasteiger partial charge on any atom is 0.225 e. The quantitative estimate of drug-likeness (QED) is 0.674. The normalized spacial score (nSPS) is 21.3. The largest absolute Gasteiger partial charge is 0.486 e. The molecule has 3 aliphatic heterocycles. The highest BCUT2D eigenvalue weighted by Crippen LogP contribution is 2.31. The Bertz CT molecular complexity index is 978. The number of rotatable bonds is 7. The summed E-state index contributed by atoms with van der Waals surface area (Å²) in [4.78, 5) is 17.9. The summed E-state index contributed by atoms with van der Waals surface area (Å²) in [7, 11) is 0. The molecule has 2 unspecified atom stereocenters. The number of nitrogens with one attached hydrogen (secondary N) is 1. The van der Waals surface area contributed by atoms with E-state index >= 15 is 0 Å². The van der Waals surface area contributed by atoms with Gasteiger partial charge >= 0.3 is 0 Å². The van der Waals surface area contributed by atoms with Crippen molar-refractivity contribution in [1.82, 2.24) is 10.2 Å². The van der Waals surface area contributed by atoms with Crippen LogP contribution >= 0.6 is 0 Å². The van der Waals surface area contributed by atoms with E-state index in [4.69, 9.17) is 9.47 Å². The van der Waals surface area contributed by atoms with Crippen LogP contribution in [0.1, 0.15) is 31.2 Å². The SMILES string of the molecule is O=C(NC(Cc1ccc2c(c1)OCCO2)CN1CCCCC1)C1CCN(c2ccc(F)cc2)C1. The minimum absolute atomic E-state index is 0.0352. The van der Waals surface area contributed by atoms with E-state index in [1.165, 1.54) is 31.4 Å². The molecule has 3 heterocycles. The van der Waals surface area contributed by atoms with E-state index in [-0.39, 0.29) is 23.7 Å². The molecule has 0 aliphatic carbocycles. The van der Waals surface area contributed by atoms with Gasteiger partial charge in [-0.1, -0.05) is 12.5 Å². The minimum Gasteiger partial charge on any atom is -0.486 e. The van der Waals surface area contributed by atoms with Crippen molar-refractivity contribution in [2.24, 2.45) is 5.92 Å². The first-order valence-electron chi connectivity index (χ1n) is 12.6. The third-order valence-corrected chi connectivity index (χ3v) is 7.11. The highest BCUT2D eigenvalue weighted by Gasteiger charge is 2.30. The van der Waals surface area contributed by atoms with Crippen molar-refractivity contribution in [2.45, 2.75) is 38.1 Å². The van der Waals surface area contributed by atoms with Crippen LogP contribution in [-0.2, 0) is 11.2 Å². The second kappa shape index (κ2) is 10.6. The summed E-state index contributed by atoms with van der Waals surface area (Å²) in [5, 5.41) is 3.38. The minimum atomic E-state index is -0.239. The molecule has 2 aromatic rings. The van der Waals surface area contributed by atoms with Crippen molar-refractivity contribution in [3.63, 3.8) is 0 Å². The lowest BCUT2D eigenvalue weighted by molar-refractivity contribution is -0.125. The molecule has 5 rings (SSSR count).